The summed E-state index contributed by atoms with van der Waals surface area (Å²) in [5.74, 6) is 0. The van der Waals surface area contributed by atoms with Crippen LogP contribution in [0.25, 0.3) is 0 Å². The van der Waals surface area contributed by atoms with Crippen molar-refractivity contribution in [1.29, 1.82) is 0 Å². The van der Waals surface area contributed by atoms with Gasteiger partial charge in [0.15, 0.2) is 0 Å². The molecule has 0 spiro atoms. The molecule has 0 aliphatic carbocycles. The summed E-state index contributed by atoms with van der Waals surface area (Å²) in [7, 11) is -5.39. The Morgan fingerprint density at radius 2 is 1.14 bits per heavy atom. The Hall–Kier alpha value is 1.89. The maximum Gasteiger partial charge on any atom is 2.00 e. The van der Waals surface area contributed by atoms with E-state index in [1.165, 1.54) is 0 Å². The molecule has 0 bridgehead atoms. The first-order chi connectivity index (χ1) is 2.00. The Bertz CT molecular complexity index is 57.8. The second kappa shape index (κ2) is 6.02. The van der Waals surface area contributed by atoms with Crippen LogP contribution in [0.15, 0.2) is 0 Å². The van der Waals surface area contributed by atoms with Gasteiger partial charge in [0.1, 0.15) is 0 Å². The summed E-state index contributed by atoms with van der Waals surface area (Å²) in [6.07, 6.45) is 0. The smallest absolute Gasteiger partial charge is 0.822 e. The van der Waals surface area contributed by atoms with Crippen molar-refractivity contribution in [3.63, 3.8) is 0 Å². The average Bonchev–Trinajstić information content (AvgIpc) is 0.722. The fourth-order valence-corrected chi connectivity index (χ4v) is 0. The Kier molecular flexibility index (Phi) is 13.7. The van der Waals surface area contributed by atoms with Gasteiger partial charge in [-0.15, -0.1) is 0 Å². The molecular weight excluding hydrogens is 190 g/mol. The van der Waals surface area contributed by atoms with Gasteiger partial charge in [-0.25, -0.2) is 0 Å². The first-order valence-corrected chi connectivity index (χ1v) is 2.19. The van der Waals surface area contributed by atoms with Gasteiger partial charge in [0.2, 0.25) is 0 Å². The third-order valence-electron chi connectivity index (χ3n) is 0. The van der Waals surface area contributed by atoms with Crippen molar-refractivity contribution >= 4 is 45.6 Å². The molecule has 0 aliphatic heterocycles. The minimum Gasteiger partial charge on any atom is -0.822 e. The molecule has 0 atom stereocenters. The Morgan fingerprint density at radius 1 is 1.14 bits per heavy atom. The van der Waals surface area contributed by atoms with Gasteiger partial charge >= 0.3 is 54.8 Å². The first kappa shape index (κ1) is 16.0. The van der Waals surface area contributed by atoms with Gasteiger partial charge < -0.3 is 19.2 Å². The summed E-state index contributed by atoms with van der Waals surface area (Å²) in [6, 6.07) is 0. The minimum absolute atomic E-state index is 0. The maximum absolute atomic E-state index is 8.55. The number of hydrogen-bond donors (Lipinski definition) is 0. The molecule has 0 saturated heterocycles. The van der Waals surface area contributed by atoms with Crippen molar-refractivity contribution in [2.75, 3.05) is 0 Å². The Labute approximate surface area is 81.0 Å². The van der Waals surface area contributed by atoms with Gasteiger partial charge in [-0.2, -0.15) is 7.82 Å². The predicted octanol–water partition coefficient (Wildman–Crippen LogP) is -3.21. The normalized spacial score (nSPS) is 8.43. The second-order valence-electron chi connectivity index (χ2n) is 0.447. The van der Waals surface area contributed by atoms with Crippen molar-refractivity contribution in [3.8, 4) is 0 Å². The van der Waals surface area contributed by atoms with E-state index in [-0.39, 0.29) is 54.8 Å². The fraction of sp³-hybridized carbons (Fsp3) is 0. The molecule has 37 valence electrons. The first-order valence-electron chi connectivity index (χ1n) is 0.730. The zero-order valence-electron chi connectivity index (χ0n) is 3.17. The second-order valence-corrected chi connectivity index (χ2v) is 1.34. The van der Waals surface area contributed by atoms with Crippen LogP contribution in [-0.2, 0) is 21.6 Å². The van der Waals surface area contributed by atoms with Crippen molar-refractivity contribution < 1.29 is 36.3 Å². The topological polar surface area (TPSA) is 86.2 Å². The summed E-state index contributed by atoms with van der Waals surface area (Å²) in [5, 5.41) is 0. The van der Waals surface area contributed by atoms with E-state index in [1.807, 2.05) is 0 Å². The molecule has 0 unspecified atom stereocenters. The van der Waals surface area contributed by atoms with E-state index in [0.29, 0.717) is 0 Å². The molecule has 7 heavy (non-hydrogen) atoms. The van der Waals surface area contributed by atoms with Crippen LogP contribution in [-0.4, -0.2) is 37.7 Å². The fourth-order valence-electron chi connectivity index (χ4n) is 0. The van der Waals surface area contributed by atoms with Crippen LogP contribution < -0.4 is 14.7 Å². The average molecular weight is 190 g/mol. The van der Waals surface area contributed by atoms with Crippen LogP contribution in [0.1, 0.15) is 0 Å². The van der Waals surface area contributed by atoms with E-state index in [1.54, 1.807) is 0 Å². The summed E-state index contributed by atoms with van der Waals surface area (Å²) >= 11 is 0. The predicted molar refractivity (Wildman–Crippen MR) is 13.4 cm³/mol. The third-order valence-corrected chi connectivity index (χ3v) is 0. The van der Waals surface area contributed by atoms with Crippen LogP contribution in [0, 0.1) is 0 Å². The zero-order valence-corrected chi connectivity index (χ0v) is 7.45. The molecule has 0 aromatic carbocycles. The molecule has 1 radical (unpaired) electrons. The molecular formula is CaMnO4P+. The number of hydrogen-bond acceptors (Lipinski definition) is 4. The zero-order chi connectivity index (χ0) is 4.50. The molecule has 0 heterocycles. The van der Waals surface area contributed by atoms with E-state index in [9.17, 15) is 0 Å². The minimum atomic E-state index is -5.39. The van der Waals surface area contributed by atoms with E-state index < -0.39 is 7.82 Å². The quantitative estimate of drug-likeness (QED) is 0.297. The molecule has 0 aliphatic rings. The summed E-state index contributed by atoms with van der Waals surface area (Å²) in [5.41, 5.74) is 0. The molecule has 0 aromatic heterocycles. The van der Waals surface area contributed by atoms with Gasteiger partial charge in [-0.05, 0) is 0 Å². The van der Waals surface area contributed by atoms with Crippen molar-refractivity contribution in [2.45, 2.75) is 0 Å². The van der Waals surface area contributed by atoms with Crippen LogP contribution >= 0.6 is 7.82 Å². The van der Waals surface area contributed by atoms with E-state index in [2.05, 4.69) is 0 Å². The summed E-state index contributed by atoms with van der Waals surface area (Å²) < 4.78 is 8.55. The third kappa shape index (κ3) is 76.7. The van der Waals surface area contributed by atoms with Crippen LogP contribution in [0.4, 0.5) is 0 Å². The van der Waals surface area contributed by atoms with Gasteiger partial charge in [0, 0.05) is 0 Å². The maximum atomic E-state index is 8.55. The van der Waals surface area contributed by atoms with Gasteiger partial charge in [0.05, 0.1) is 0 Å². The standard InChI is InChI=1S/Ca.Mn.H3O4P/c;;1-5(2,3)4/h;;(H3,1,2,3,4)/q2*+2;/p-3. The largest absolute Gasteiger partial charge is 2.00 e. The summed E-state index contributed by atoms with van der Waals surface area (Å²) in [4.78, 5) is 25.6. The monoisotopic (exact) mass is 190 g/mol. The van der Waals surface area contributed by atoms with Crippen LogP contribution in [0.2, 0.25) is 0 Å². The Morgan fingerprint density at radius 3 is 1.14 bits per heavy atom. The SMILES string of the molecule is O=P([O-])([O-])[O-].[Ca+2].[Mn+2]. The van der Waals surface area contributed by atoms with E-state index in [4.69, 9.17) is 19.2 Å². The van der Waals surface area contributed by atoms with Crippen LogP contribution in [0.5, 0.6) is 0 Å². The van der Waals surface area contributed by atoms with Gasteiger partial charge in [0.25, 0.3) is 0 Å². The molecule has 0 N–H and O–H groups in total. The molecule has 0 saturated carbocycles. The Balaban J connectivity index is -0.0000000800. The van der Waals surface area contributed by atoms with Gasteiger partial charge in [-0.1, -0.05) is 0 Å². The molecule has 0 aromatic rings. The van der Waals surface area contributed by atoms with E-state index in [0.717, 1.165) is 0 Å². The molecule has 0 fully saturated rings. The van der Waals surface area contributed by atoms with E-state index >= 15 is 0 Å². The van der Waals surface area contributed by atoms with Crippen molar-refractivity contribution in [2.24, 2.45) is 0 Å². The van der Waals surface area contributed by atoms with Gasteiger partial charge in [-0.3, -0.25) is 0 Å². The molecule has 0 rings (SSSR count). The molecule has 4 nitrogen and oxygen atoms in total. The molecule has 7 heteroatoms. The molecule has 0 amide bonds. The summed E-state index contributed by atoms with van der Waals surface area (Å²) in [6.45, 7) is 0. The number of phosphoric acid groups is 1. The van der Waals surface area contributed by atoms with Crippen molar-refractivity contribution in [3.05, 3.63) is 0 Å². The number of rotatable bonds is 0. The van der Waals surface area contributed by atoms with Crippen molar-refractivity contribution in [1.82, 2.24) is 0 Å². The van der Waals surface area contributed by atoms with Crippen LogP contribution in [0.3, 0.4) is 0 Å².